The first-order chi connectivity index (χ1) is 11.1. The summed E-state index contributed by atoms with van der Waals surface area (Å²) in [4.78, 5) is 13.1. The molecule has 0 bridgehead atoms. The maximum absolute atomic E-state index is 4.34. The molecule has 5 heteroatoms. The van der Waals surface area contributed by atoms with Crippen LogP contribution in [-0.4, -0.2) is 48.1 Å². The summed E-state index contributed by atoms with van der Waals surface area (Å²) in [5.74, 6) is 1.84. The van der Waals surface area contributed by atoms with E-state index in [1.54, 1.807) is 6.33 Å². The fraction of sp³-hybridized carbons (Fsp3) is 0.444. The highest BCUT2D eigenvalue weighted by molar-refractivity contribution is 5.48. The Balaban J connectivity index is 1.58. The summed E-state index contributed by atoms with van der Waals surface area (Å²) in [5.41, 5.74) is 2.79. The van der Waals surface area contributed by atoms with Crippen LogP contribution in [0.4, 0.5) is 11.6 Å². The molecule has 23 heavy (non-hydrogen) atoms. The molecule has 0 aliphatic carbocycles. The van der Waals surface area contributed by atoms with Crippen LogP contribution in [0.3, 0.4) is 0 Å². The zero-order valence-corrected chi connectivity index (χ0v) is 14.2. The molecule has 2 aromatic rings. The van der Waals surface area contributed by atoms with Crippen LogP contribution in [0.15, 0.2) is 36.7 Å². The van der Waals surface area contributed by atoms with Gasteiger partial charge in [0.2, 0.25) is 0 Å². The number of benzene rings is 1. The first-order valence-electron chi connectivity index (χ1n) is 8.14. The van der Waals surface area contributed by atoms with Gasteiger partial charge in [-0.1, -0.05) is 24.3 Å². The van der Waals surface area contributed by atoms with Gasteiger partial charge in [0.25, 0.3) is 0 Å². The highest BCUT2D eigenvalue weighted by atomic mass is 15.2. The van der Waals surface area contributed by atoms with Gasteiger partial charge in [-0.15, -0.1) is 0 Å². The molecule has 1 aliphatic rings. The van der Waals surface area contributed by atoms with Crippen molar-refractivity contribution in [3.8, 4) is 0 Å². The van der Waals surface area contributed by atoms with E-state index in [-0.39, 0.29) is 0 Å². The average Bonchev–Trinajstić information content (AvgIpc) is 2.97. The van der Waals surface area contributed by atoms with Crippen molar-refractivity contribution in [2.75, 3.05) is 37.4 Å². The van der Waals surface area contributed by atoms with Crippen molar-refractivity contribution in [3.63, 3.8) is 0 Å². The van der Waals surface area contributed by atoms with Crippen LogP contribution in [0.1, 0.15) is 17.5 Å². The highest BCUT2D eigenvalue weighted by Gasteiger charge is 2.23. The van der Waals surface area contributed by atoms with E-state index in [0.29, 0.717) is 6.04 Å². The molecule has 0 amide bonds. The van der Waals surface area contributed by atoms with Crippen LogP contribution in [0.2, 0.25) is 0 Å². The van der Waals surface area contributed by atoms with Crippen LogP contribution in [0.25, 0.3) is 0 Å². The van der Waals surface area contributed by atoms with Crippen LogP contribution < -0.4 is 10.2 Å². The molecule has 1 aromatic heterocycles. The lowest BCUT2D eigenvalue weighted by Gasteiger charge is -2.18. The molecule has 1 aliphatic heterocycles. The zero-order valence-electron chi connectivity index (χ0n) is 14.2. The van der Waals surface area contributed by atoms with Crippen LogP contribution >= 0.6 is 0 Å². The first kappa shape index (κ1) is 15.7. The van der Waals surface area contributed by atoms with E-state index in [9.17, 15) is 0 Å². The normalized spacial score (nSPS) is 18.1. The summed E-state index contributed by atoms with van der Waals surface area (Å²) in [5, 5.41) is 3.55. The van der Waals surface area contributed by atoms with E-state index in [0.717, 1.165) is 37.7 Å². The first-order valence-corrected chi connectivity index (χ1v) is 8.14. The van der Waals surface area contributed by atoms with Gasteiger partial charge in [-0.2, -0.15) is 0 Å². The number of hydrogen-bond acceptors (Lipinski definition) is 5. The van der Waals surface area contributed by atoms with Gasteiger partial charge in [0.05, 0.1) is 0 Å². The topological polar surface area (TPSA) is 44.3 Å². The molecule has 1 fully saturated rings. The number of hydrogen-bond donors (Lipinski definition) is 1. The Morgan fingerprint density at radius 2 is 2.09 bits per heavy atom. The predicted octanol–water partition coefficient (Wildman–Crippen LogP) is 2.54. The number of rotatable bonds is 5. The largest absolute Gasteiger partial charge is 0.366 e. The predicted molar refractivity (Wildman–Crippen MR) is 94.8 cm³/mol. The minimum Gasteiger partial charge on any atom is -0.366 e. The second-order valence-electron chi connectivity index (χ2n) is 6.45. The third-order valence-corrected chi connectivity index (χ3v) is 4.39. The van der Waals surface area contributed by atoms with Gasteiger partial charge in [0, 0.05) is 45.8 Å². The minimum atomic E-state index is 0.448. The third-order valence-electron chi connectivity index (χ3n) is 4.39. The molecule has 3 rings (SSSR count). The van der Waals surface area contributed by atoms with Crippen molar-refractivity contribution < 1.29 is 0 Å². The number of anilines is 2. The summed E-state index contributed by atoms with van der Waals surface area (Å²) in [6.07, 6.45) is 2.77. The summed E-state index contributed by atoms with van der Waals surface area (Å²) < 4.78 is 0. The second-order valence-corrected chi connectivity index (χ2v) is 6.45. The minimum absolute atomic E-state index is 0.448. The highest BCUT2D eigenvalue weighted by Crippen LogP contribution is 2.19. The SMILES string of the molecule is Cc1ccccc1CN1CCC(Nc2cc(N(C)C)ncn2)C1. The summed E-state index contributed by atoms with van der Waals surface area (Å²) in [6.45, 7) is 5.38. The van der Waals surface area contributed by atoms with Crippen molar-refractivity contribution in [1.82, 2.24) is 14.9 Å². The van der Waals surface area contributed by atoms with E-state index in [1.807, 2.05) is 25.1 Å². The molecule has 122 valence electrons. The molecule has 1 saturated heterocycles. The summed E-state index contributed by atoms with van der Waals surface area (Å²) >= 11 is 0. The maximum Gasteiger partial charge on any atom is 0.133 e. The van der Waals surface area contributed by atoms with E-state index < -0.39 is 0 Å². The Labute approximate surface area is 138 Å². The van der Waals surface area contributed by atoms with Gasteiger partial charge in [0.15, 0.2) is 0 Å². The second kappa shape index (κ2) is 6.96. The number of aryl methyl sites for hydroxylation is 1. The zero-order chi connectivity index (χ0) is 16.2. The molecule has 1 atom stereocenters. The number of nitrogens with zero attached hydrogens (tertiary/aromatic N) is 4. The quantitative estimate of drug-likeness (QED) is 0.919. The summed E-state index contributed by atoms with van der Waals surface area (Å²) in [7, 11) is 3.98. The Kier molecular flexibility index (Phi) is 4.76. The average molecular weight is 311 g/mol. The Morgan fingerprint density at radius 1 is 1.26 bits per heavy atom. The van der Waals surface area contributed by atoms with Crippen molar-refractivity contribution in [2.45, 2.75) is 25.9 Å². The fourth-order valence-corrected chi connectivity index (χ4v) is 3.00. The van der Waals surface area contributed by atoms with Crippen molar-refractivity contribution in [1.29, 1.82) is 0 Å². The number of likely N-dealkylation sites (tertiary alicyclic amines) is 1. The number of nitrogens with one attached hydrogen (secondary N) is 1. The van der Waals surface area contributed by atoms with E-state index in [1.165, 1.54) is 11.1 Å². The van der Waals surface area contributed by atoms with Gasteiger partial charge < -0.3 is 10.2 Å². The molecular weight excluding hydrogens is 286 g/mol. The van der Waals surface area contributed by atoms with E-state index >= 15 is 0 Å². The molecule has 1 aromatic carbocycles. The Hall–Kier alpha value is -2.14. The lowest BCUT2D eigenvalue weighted by Crippen LogP contribution is -2.26. The van der Waals surface area contributed by atoms with Gasteiger partial charge in [-0.25, -0.2) is 9.97 Å². The molecule has 1 unspecified atom stereocenters. The van der Waals surface area contributed by atoms with Crippen LogP contribution in [-0.2, 0) is 6.54 Å². The van der Waals surface area contributed by atoms with Gasteiger partial charge >= 0.3 is 0 Å². The fourth-order valence-electron chi connectivity index (χ4n) is 3.00. The molecule has 0 saturated carbocycles. The van der Waals surface area contributed by atoms with Gasteiger partial charge in [-0.05, 0) is 24.5 Å². The molecule has 0 radical (unpaired) electrons. The molecule has 5 nitrogen and oxygen atoms in total. The lowest BCUT2D eigenvalue weighted by molar-refractivity contribution is 0.328. The van der Waals surface area contributed by atoms with Crippen molar-refractivity contribution >= 4 is 11.6 Å². The van der Waals surface area contributed by atoms with E-state index in [4.69, 9.17) is 0 Å². The summed E-state index contributed by atoms with van der Waals surface area (Å²) in [6, 6.07) is 11.1. The molecule has 1 N–H and O–H groups in total. The molecular formula is C18H25N5. The standard InChI is InChI=1S/C18H25N5/c1-14-6-4-5-7-15(14)11-23-9-8-16(12-23)21-17-10-18(22(2)3)20-13-19-17/h4-7,10,13,16H,8-9,11-12H2,1-3H3,(H,19,20,21). The third kappa shape index (κ3) is 3.99. The lowest BCUT2D eigenvalue weighted by atomic mass is 10.1. The Morgan fingerprint density at radius 3 is 2.87 bits per heavy atom. The van der Waals surface area contributed by atoms with Gasteiger partial charge in [0.1, 0.15) is 18.0 Å². The molecule has 0 spiro atoms. The van der Waals surface area contributed by atoms with Crippen LogP contribution in [0, 0.1) is 6.92 Å². The van der Waals surface area contributed by atoms with Gasteiger partial charge in [-0.3, -0.25) is 4.90 Å². The van der Waals surface area contributed by atoms with E-state index in [2.05, 4.69) is 51.4 Å². The molecule has 2 heterocycles. The number of aromatic nitrogens is 2. The maximum atomic E-state index is 4.34. The smallest absolute Gasteiger partial charge is 0.133 e. The monoisotopic (exact) mass is 311 g/mol. The Bertz CT molecular complexity index is 655. The van der Waals surface area contributed by atoms with Crippen LogP contribution in [0.5, 0.6) is 0 Å². The van der Waals surface area contributed by atoms with Crippen molar-refractivity contribution in [3.05, 3.63) is 47.8 Å². The van der Waals surface area contributed by atoms with Crippen molar-refractivity contribution in [2.24, 2.45) is 0 Å².